The number of hydrogen-bond donors (Lipinski definition) is 1. The monoisotopic (exact) mass is 130 g/mol. The summed E-state index contributed by atoms with van der Waals surface area (Å²) in [6, 6.07) is 9.49. The predicted molar refractivity (Wildman–Crippen MR) is 42.2 cm³/mol. The summed E-state index contributed by atoms with van der Waals surface area (Å²) < 4.78 is 0. The molecule has 0 aromatic heterocycles. The van der Waals surface area contributed by atoms with E-state index in [-0.39, 0.29) is 0 Å². The van der Waals surface area contributed by atoms with Gasteiger partial charge in [0, 0.05) is 5.69 Å². The van der Waals surface area contributed by atoms with E-state index in [1.54, 1.807) is 0 Å². The van der Waals surface area contributed by atoms with E-state index in [1.807, 2.05) is 30.3 Å². The van der Waals surface area contributed by atoms with Crippen molar-refractivity contribution in [2.75, 3.05) is 5.73 Å². The summed E-state index contributed by atoms with van der Waals surface area (Å²) in [5, 5.41) is 7.10. The Balaban J connectivity index is 0.000000236. The molecule has 0 saturated carbocycles. The zero-order chi connectivity index (χ0) is 7.82. The largest absolute Gasteiger partial charge is 0.399 e. The summed E-state index contributed by atoms with van der Waals surface area (Å²) in [5.74, 6) is 1.25. The smallest absolute Gasteiger partial charge is 0.229 e. The van der Waals surface area contributed by atoms with Crippen LogP contribution in [0, 0.1) is 11.2 Å². The van der Waals surface area contributed by atoms with Gasteiger partial charge in [-0.15, -0.1) is 0 Å². The second-order valence-electron chi connectivity index (χ2n) is 1.54. The van der Waals surface area contributed by atoms with Crippen molar-refractivity contribution in [2.45, 2.75) is 0 Å². The van der Waals surface area contributed by atoms with E-state index in [0.29, 0.717) is 0 Å². The molecule has 0 fully saturated rings. The SMILES string of the molecule is Nc1ccccc1.[B]C#N. The molecular formula is C7H7BN2. The van der Waals surface area contributed by atoms with Crippen molar-refractivity contribution in [2.24, 2.45) is 0 Å². The van der Waals surface area contributed by atoms with Gasteiger partial charge in [-0.25, -0.2) is 5.26 Å². The van der Waals surface area contributed by atoms with Crippen LogP contribution in [-0.2, 0) is 0 Å². The Bertz CT molecular complexity index is 203. The summed E-state index contributed by atoms with van der Waals surface area (Å²) in [6.07, 6.45) is 0. The van der Waals surface area contributed by atoms with Gasteiger partial charge in [-0.05, 0) is 18.1 Å². The Kier molecular flexibility index (Phi) is 4.89. The van der Waals surface area contributed by atoms with Gasteiger partial charge in [0.05, 0.1) is 0 Å². The Morgan fingerprint density at radius 3 is 1.90 bits per heavy atom. The zero-order valence-electron chi connectivity index (χ0n) is 5.49. The molecule has 0 aliphatic heterocycles. The van der Waals surface area contributed by atoms with Crippen LogP contribution in [0.5, 0.6) is 0 Å². The van der Waals surface area contributed by atoms with Crippen LogP contribution in [0.1, 0.15) is 0 Å². The van der Waals surface area contributed by atoms with Crippen molar-refractivity contribution < 1.29 is 0 Å². The summed E-state index contributed by atoms with van der Waals surface area (Å²) in [5.41, 5.74) is 6.18. The molecule has 1 aromatic rings. The van der Waals surface area contributed by atoms with Crippen molar-refractivity contribution in [3.05, 3.63) is 30.3 Å². The molecule has 0 spiro atoms. The van der Waals surface area contributed by atoms with Gasteiger partial charge in [-0.2, -0.15) is 0 Å². The first-order valence-electron chi connectivity index (χ1n) is 2.71. The minimum Gasteiger partial charge on any atom is -0.399 e. The fourth-order valence-electron chi connectivity index (χ4n) is 0.453. The molecule has 0 saturated heterocycles. The van der Waals surface area contributed by atoms with E-state index < -0.39 is 0 Å². The second kappa shape index (κ2) is 5.71. The Morgan fingerprint density at radius 1 is 1.30 bits per heavy atom. The first-order chi connectivity index (χ1) is 4.81. The number of anilines is 1. The minimum absolute atomic E-state index is 0.822. The van der Waals surface area contributed by atoms with Crippen LogP contribution in [0.15, 0.2) is 30.3 Å². The van der Waals surface area contributed by atoms with E-state index in [1.165, 1.54) is 5.97 Å². The number of nitrogens with zero attached hydrogens (tertiary/aromatic N) is 1. The molecule has 2 nitrogen and oxygen atoms in total. The molecule has 0 unspecified atom stereocenters. The highest BCUT2D eigenvalue weighted by Gasteiger charge is 1.72. The third kappa shape index (κ3) is 4.73. The highest BCUT2D eigenvalue weighted by Crippen LogP contribution is 1.95. The number of benzene rings is 1. The van der Waals surface area contributed by atoms with Gasteiger partial charge in [0.25, 0.3) is 0 Å². The number of para-hydroxylation sites is 1. The summed E-state index contributed by atoms with van der Waals surface area (Å²) in [4.78, 5) is 0. The van der Waals surface area contributed by atoms with Crippen molar-refractivity contribution in [1.29, 1.82) is 5.26 Å². The van der Waals surface area contributed by atoms with Crippen LogP contribution in [0.3, 0.4) is 0 Å². The lowest BCUT2D eigenvalue weighted by molar-refractivity contribution is 1.57. The fourth-order valence-corrected chi connectivity index (χ4v) is 0.453. The second-order valence-corrected chi connectivity index (χ2v) is 1.54. The quantitative estimate of drug-likeness (QED) is 0.419. The van der Waals surface area contributed by atoms with Crippen molar-refractivity contribution >= 4 is 13.5 Å². The van der Waals surface area contributed by atoms with Gasteiger partial charge in [0.15, 0.2) is 0 Å². The Labute approximate surface area is 61.7 Å². The van der Waals surface area contributed by atoms with Gasteiger partial charge in [0.2, 0.25) is 7.85 Å². The number of nitrogens with two attached hydrogens (primary N) is 1. The molecule has 0 atom stereocenters. The zero-order valence-corrected chi connectivity index (χ0v) is 5.49. The lowest BCUT2D eigenvalue weighted by Gasteiger charge is -1.83. The van der Waals surface area contributed by atoms with E-state index in [0.717, 1.165) is 5.69 Å². The van der Waals surface area contributed by atoms with Crippen molar-refractivity contribution in [3.63, 3.8) is 0 Å². The predicted octanol–water partition coefficient (Wildman–Crippen LogP) is 0.905. The van der Waals surface area contributed by atoms with Crippen LogP contribution in [0.25, 0.3) is 0 Å². The molecule has 1 aromatic carbocycles. The molecule has 1 rings (SSSR count). The molecule has 10 heavy (non-hydrogen) atoms. The average Bonchev–Trinajstić information content (AvgIpc) is 1.91. The maximum Gasteiger partial charge on any atom is 0.229 e. The number of hydrogen-bond acceptors (Lipinski definition) is 2. The van der Waals surface area contributed by atoms with Crippen molar-refractivity contribution in [1.82, 2.24) is 0 Å². The highest BCUT2D eigenvalue weighted by atomic mass is 14.5. The third-order valence-electron chi connectivity index (χ3n) is 0.800. The van der Waals surface area contributed by atoms with Gasteiger partial charge in [-0.3, -0.25) is 0 Å². The molecule has 0 amide bonds. The number of nitrogen functional groups attached to an aromatic ring is 1. The first kappa shape index (κ1) is 8.57. The molecule has 48 valence electrons. The van der Waals surface area contributed by atoms with Gasteiger partial charge in [-0.1, -0.05) is 18.2 Å². The van der Waals surface area contributed by atoms with E-state index >= 15 is 0 Å². The standard InChI is InChI=1S/C6H7N.CBN/c7-6-4-2-1-3-5-6;2-1-3/h1-5H,7H2;. The molecule has 0 heterocycles. The number of nitriles is 1. The maximum absolute atomic E-state index is 7.10. The van der Waals surface area contributed by atoms with Gasteiger partial charge in [0.1, 0.15) is 0 Å². The van der Waals surface area contributed by atoms with Crippen LogP contribution in [0.2, 0.25) is 0 Å². The van der Waals surface area contributed by atoms with Crippen LogP contribution in [-0.4, -0.2) is 7.85 Å². The summed E-state index contributed by atoms with van der Waals surface area (Å²) in [7, 11) is 4.15. The van der Waals surface area contributed by atoms with Crippen LogP contribution in [0.4, 0.5) is 5.69 Å². The maximum atomic E-state index is 7.10. The Hall–Kier alpha value is -1.43. The molecule has 0 bridgehead atoms. The molecule has 0 aliphatic carbocycles. The highest BCUT2D eigenvalue weighted by molar-refractivity contribution is 6.20. The lowest BCUT2D eigenvalue weighted by atomic mass is 10.2. The molecule has 0 aliphatic rings. The molecular weight excluding hydrogens is 123 g/mol. The average molecular weight is 130 g/mol. The minimum atomic E-state index is 0.822. The van der Waals surface area contributed by atoms with Gasteiger partial charge < -0.3 is 5.73 Å². The molecule has 3 heteroatoms. The third-order valence-corrected chi connectivity index (χ3v) is 0.800. The van der Waals surface area contributed by atoms with E-state index in [4.69, 9.17) is 11.0 Å². The number of rotatable bonds is 0. The Morgan fingerprint density at radius 2 is 1.70 bits per heavy atom. The van der Waals surface area contributed by atoms with Crippen molar-refractivity contribution in [3.8, 4) is 5.97 Å². The summed E-state index contributed by atoms with van der Waals surface area (Å²) in [6.45, 7) is 0. The van der Waals surface area contributed by atoms with Crippen LogP contribution >= 0.6 is 0 Å². The van der Waals surface area contributed by atoms with Gasteiger partial charge >= 0.3 is 0 Å². The van der Waals surface area contributed by atoms with E-state index in [9.17, 15) is 0 Å². The van der Waals surface area contributed by atoms with E-state index in [2.05, 4.69) is 7.85 Å². The summed E-state index contributed by atoms with van der Waals surface area (Å²) >= 11 is 0. The normalized spacial score (nSPS) is 6.70. The molecule has 2 radical (unpaired) electrons. The van der Waals surface area contributed by atoms with Crippen LogP contribution < -0.4 is 5.73 Å². The topological polar surface area (TPSA) is 49.8 Å². The molecule has 2 N–H and O–H groups in total. The fraction of sp³-hybridized carbons (Fsp3) is 0. The lowest BCUT2D eigenvalue weighted by Crippen LogP contribution is -1.79. The first-order valence-corrected chi connectivity index (χ1v) is 2.71.